The number of nitrogens with one attached hydrogen (secondary N) is 3. The van der Waals surface area contributed by atoms with Crippen molar-refractivity contribution in [2.24, 2.45) is 13.0 Å². The Kier molecular flexibility index (Phi) is 10.2. The van der Waals surface area contributed by atoms with Crippen molar-refractivity contribution in [3.8, 4) is 0 Å². The van der Waals surface area contributed by atoms with Crippen LogP contribution in [0.1, 0.15) is 60.6 Å². The standard InChI is InChI=1S/C25H31F5N6O4/c1-36-18(7-12-32-36)22(38)35-21(15-3-8-24(26,27)9-4-15)23(39)34-19-13-16(6-11-31-19)17(14-40-2)33-20(37)5-10-25(28,29)30/h6-7,11-13,15,17,21H,3-5,8-10,14H2,1-2H3,(H,33,37)(H,35,38)(H,31,34,39)/t17?,21-/m0/s1. The average molecular weight is 575 g/mol. The number of carbonyl (C=O) groups is 3. The number of hydrogen-bond acceptors (Lipinski definition) is 6. The number of aryl methyl sites for hydroxylation is 1. The fourth-order valence-corrected chi connectivity index (χ4v) is 4.45. The van der Waals surface area contributed by atoms with Gasteiger partial charge in [-0.2, -0.15) is 18.3 Å². The van der Waals surface area contributed by atoms with Crippen molar-refractivity contribution in [1.29, 1.82) is 0 Å². The van der Waals surface area contributed by atoms with E-state index in [-0.39, 0.29) is 31.0 Å². The van der Waals surface area contributed by atoms with Crippen molar-refractivity contribution in [3.05, 3.63) is 41.9 Å². The number of methoxy groups -OCH3 is 1. The normalized spacial score (nSPS) is 17.1. The topological polar surface area (TPSA) is 127 Å². The Labute approximate surface area is 227 Å². The van der Waals surface area contributed by atoms with Gasteiger partial charge in [-0.15, -0.1) is 0 Å². The predicted molar refractivity (Wildman–Crippen MR) is 132 cm³/mol. The molecule has 3 rings (SSSR count). The minimum Gasteiger partial charge on any atom is -0.382 e. The first-order valence-electron chi connectivity index (χ1n) is 12.6. The molecule has 0 bridgehead atoms. The van der Waals surface area contributed by atoms with E-state index in [1.165, 1.54) is 42.4 Å². The number of pyridine rings is 1. The quantitative estimate of drug-likeness (QED) is 0.353. The molecule has 1 aliphatic carbocycles. The van der Waals surface area contributed by atoms with Gasteiger partial charge in [-0.3, -0.25) is 19.1 Å². The summed E-state index contributed by atoms with van der Waals surface area (Å²) in [4.78, 5) is 42.4. The van der Waals surface area contributed by atoms with Crippen molar-refractivity contribution < 1.29 is 41.1 Å². The van der Waals surface area contributed by atoms with Crippen LogP contribution >= 0.6 is 0 Å². The highest BCUT2D eigenvalue weighted by Crippen LogP contribution is 2.37. The number of nitrogens with zero attached hydrogens (tertiary/aromatic N) is 3. The van der Waals surface area contributed by atoms with Gasteiger partial charge in [-0.1, -0.05) is 0 Å². The smallest absolute Gasteiger partial charge is 0.382 e. The van der Waals surface area contributed by atoms with Gasteiger partial charge >= 0.3 is 6.18 Å². The lowest BCUT2D eigenvalue weighted by Gasteiger charge is -2.33. The van der Waals surface area contributed by atoms with Gasteiger partial charge in [0.25, 0.3) is 5.91 Å². The second-order valence-electron chi connectivity index (χ2n) is 9.64. The molecule has 3 N–H and O–H groups in total. The molecule has 3 amide bonds. The summed E-state index contributed by atoms with van der Waals surface area (Å²) < 4.78 is 71.5. The molecule has 0 spiro atoms. The molecule has 40 heavy (non-hydrogen) atoms. The second-order valence-corrected chi connectivity index (χ2v) is 9.64. The van der Waals surface area contributed by atoms with E-state index in [0.717, 1.165) is 0 Å². The summed E-state index contributed by atoms with van der Waals surface area (Å²) in [6, 6.07) is 2.34. The predicted octanol–water partition coefficient (Wildman–Crippen LogP) is 3.52. The van der Waals surface area contributed by atoms with Gasteiger partial charge in [0.1, 0.15) is 17.6 Å². The number of aromatic nitrogens is 3. The lowest BCUT2D eigenvalue weighted by Crippen LogP contribution is -2.50. The number of rotatable bonds is 11. The van der Waals surface area contributed by atoms with Crippen LogP contribution in [0.25, 0.3) is 0 Å². The van der Waals surface area contributed by atoms with Crippen LogP contribution in [0.4, 0.5) is 27.8 Å². The number of hydrogen-bond donors (Lipinski definition) is 3. The highest BCUT2D eigenvalue weighted by atomic mass is 19.4. The third-order valence-electron chi connectivity index (χ3n) is 6.60. The zero-order valence-electron chi connectivity index (χ0n) is 21.9. The Morgan fingerprint density at radius 1 is 1.15 bits per heavy atom. The molecule has 1 fully saturated rings. The zero-order chi connectivity index (χ0) is 29.5. The molecule has 0 radical (unpaired) electrons. The maximum absolute atomic E-state index is 13.8. The molecule has 2 aromatic rings. The first-order chi connectivity index (χ1) is 18.8. The van der Waals surface area contributed by atoms with E-state index in [9.17, 15) is 36.3 Å². The molecule has 1 saturated carbocycles. The molecule has 2 aromatic heterocycles. The molecule has 10 nitrogen and oxygen atoms in total. The van der Waals surface area contributed by atoms with E-state index in [1.807, 2.05) is 0 Å². The van der Waals surface area contributed by atoms with Crippen LogP contribution in [-0.2, 0) is 21.4 Å². The van der Waals surface area contributed by atoms with E-state index in [0.29, 0.717) is 5.56 Å². The largest absolute Gasteiger partial charge is 0.389 e. The number of ether oxygens (including phenoxy) is 1. The van der Waals surface area contributed by atoms with Crippen LogP contribution in [0.2, 0.25) is 0 Å². The summed E-state index contributed by atoms with van der Waals surface area (Å²) in [5.74, 6) is -5.54. The maximum atomic E-state index is 13.8. The Balaban J connectivity index is 1.76. The molecule has 1 aliphatic rings. The minimum absolute atomic E-state index is 0.00406. The summed E-state index contributed by atoms with van der Waals surface area (Å²) in [6.07, 6.45) is -4.66. The summed E-state index contributed by atoms with van der Waals surface area (Å²) in [5.41, 5.74) is 0.558. The maximum Gasteiger partial charge on any atom is 0.389 e. The molecule has 1 unspecified atom stereocenters. The summed E-state index contributed by atoms with van der Waals surface area (Å²) >= 11 is 0. The number of anilines is 1. The highest BCUT2D eigenvalue weighted by Gasteiger charge is 2.40. The van der Waals surface area contributed by atoms with Crippen LogP contribution in [-0.4, -0.2) is 64.3 Å². The highest BCUT2D eigenvalue weighted by molar-refractivity contribution is 6.00. The van der Waals surface area contributed by atoms with E-state index in [1.54, 1.807) is 7.05 Å². The molecular formula is C25H31F5N6O4. The fourth-order valence-electron chi connectivity index (χ4n) is 4.45. The van der Waals surface area contributed by atoms with Gasteiger partial charge in [-0.25, -0.2) is 13.8 Å². The van der Waals surface area contributed by atoms with Crippen LogP contribution < -0.4 is 16.0 Å². The van der Waals surface area contributed by atoms with Gasteiger partial charge in [0, 0.05) is 45.8 Å². The van der Waals surface area contributed by atoms with Crippen LogP contribution in [0, 0.1) is 5.92 Å². The van der Waals surface area contributed by atoms with Crippen molar-refractivity contribution in [1.82, 2.24) is 25.4 Å². The molecule has 0 aliphatic heterocycles. The zero-order valence-corrected chi connectivity index (χ0v) is 21.9. The SMILES string of the molecule is COCC(NC(=O)CCC(F)(F)F)c1ccnc(NC(=O)[C@@H](NC(=O)c2ccnn2C)C2CCC(F)(F)CC2)c1. The third kappa shape index (κ3) is 8.96. The van der Waals surface area contributed by atoms with Crippen LogP contribution in [0.15, 0.2) is 30.6 Å². The molecule has 2 atom stereocenters. The van der Waals surface area contributed by atoms with E-state index < -0.39 is 73.5 Å². The van der Waals surface area contributed by atoms with Crippen LogP contribution in [0.3, 0.4) is 0 Å². The molecule has 15 heteroatoms. The lowest BCUT2D eigenvalue weighted by molar-refractivity contribution is -0.144. The second kappa shape index (κ2) is 13.2. The van der Waals surface area contributed by atoms with Gasteiger partial charge in [0.05, 0.1) is 19.1 Å². The van der Waals surface area contributed by atoms with Gasteiger partial charge in [0.15, 0.2) is 0 Å². The molecule has 2 heterocycles. The van der Waals surface area contributed by atoms with Gasteiger partial charge in [-0.05, 0) is 42.5 Å². The first kappa shape index (κ1) is 30.9. The van der Waals surface area contributed by atoms with Crippen molar-refractivity contribution >= 4 is 23.5 Å². The monoisotopic (exact) mass is 574 g/mol. The van der Waals surface area contributed by atoms with E-state index in [2.05, 4.69) is 26.0 Å². The number of alkyl halides is 5. The molecule has 0 saturated heterocycles. The Morgan fingerprint density at radius 2 is 1.85 bits per heavy atom. The minimum atomic E-state index is -4.49. The van der Waals surface area contributed by atoms with Gasteiger partial charge < -0.3 is 20.7 Å². The summed E-state index contributed by atoms with van der Waals surface area (Å²) in [5, 5.41) is 11.6. The van der Waals surface area contributed by atoms with Crippen LogP contribution in [0.5, 0.6) is 0 Å². The fraction of sp³-hybridized carbons (Fsp3) is 0.560. The van der Waals surface area contributed by atoms with E-state index in [4.69, 9.17) is 4.74 Å². The van der Waals surface area contributed by atoms with Crippen molar-refractivity contribution in [2.75, 3.05) is 19.0 Å². The third-order valence-corrected chi connectivity index (χ3v) is 6.60. The van der Waals surface area contributed by atoms with Crippen molar-refractivity contribution in [3.63, 3.8) is 0 Å². The van der Waals surface area contributed by atoms with Gasteiger partial charge in [0.2, 0.25) is 17.7 Å². The molecule has 220 valence electrons. The number of halogens is 5. The first-order valence-corrected chi connectivity index (χ1v) is 12.6. The Bertz CT molecular complexity index is 1180. The summed E-state index contributed by atoms with van der Waals surface area (Å²) in [6.45, 7) is -0.0746. The molecular weight excluding hydrogens is 543 g/mol. The number of carbonyl (C=O) groups excluding carboxylic acids is 3. The Morgan fingerprint density at radius 3 is 2.45 bits per heavy atom. The lowest BCUT2D eigenvalue weighted by atomic mass is 9.81. The number of amides is 3. The van der Waals surface area contributed by atoms with E-state index >= 15 is 0 Å². The summed E-state index contributed by atoms with van der Waals surface area (Å²) in [7, 11) is 2.89. The Hall–Kier alpha value is -3.62. The molecule has 0 aromatic carbocycles. The van der Waals surface area contributed by atoms with Crippen molar-refractivity contribution in [2.45, 2.75) is 62.7 Å². The average Bonchev–Trinajstić information content (AvgIpc) is 3.31.